The maximum absolute atomic E-state index is 5.52. The van der Waals surface area contributed by atoms with Gasteiger partial charge in [-0.25, -0.2) is 0 Å². The lowest BCUT2D eigenvalue weighted by atomic mass is 10.3. The molecule has 0 aliphatic rings. The number of quaternary nitrogens is 1. The maximum atomic E-state index is 5.52. The molecule has 1 aromatic carbocycles. The average molecular weight is 237 g/mol. The minimum absolute atomic E-state index is 0.556. The molecule has 0 amide bonds. The third kappa shape index (κ3) is 2.18. The Morgan fingerprint density at radius 3 is 2.94 bits per heavy atom. The number of nitrogens with two attached hydrogens (primary N) is 1. The molecule has 2 N–H and O–H groups in total. The molecule has 0 spiro atoms. The van der Waals surface area contributed by atoms with E-state index in [-0.39, 0.29) is 0 Å². The first-order valence-corrected chi connectivity index (χ1v) is 6.05. The molecule has 2 rings (SSSR count). The normalized spacial score (nSPS) is 13.1. The highest BCUT2D eigenvalue weighted by Gasteiger charge is 2.08. The molecule has 0 saturated carbocycles. The zero-order valence-corrected chi connectivity index (χ0v) is 10.5. The SMILES string of the molecule is CC[C@H](C)[NH2+]Cn1c(=S)oc2ccccc21. The summed E-state index contributed by atoms with van der Waals surface area (Å²) in [6.07, 6.45) is 1.16. The first-order valence-electron chi connectivity index (χ1n) is 5.64. The molecule has 0 aliphatic carbocycles. The number of hydrogen-bond acceptors (Lipinski definition) is 2. The minimum atomic E-state index is 0.556. The summed E-state index contributed by atoms with van der Waals surface area (Å²) in [4.78, 5) is 0.556. The van der Waals surface area contributed by atoms with Gasteiger partial charge in [-0.15, -0.1) is 0 Å². The average Bonchev–Trinajstić information content (AvgIpc) is 2.62. The number of nitrogens with zero attached hydrogens (tertiary/aromatic N) is 1. The first kappa shape index (κ1) is 11.4. The summed E-state index contributed by atoms with van der Waals surface area (Å²) >= 11 is 5.22. The summed E-state index contributed by atoms with van der Waals surface area (Å²) in [6.45, 7) is 5.23. The third-order valence-corrected chi connectivity index (χ3v) is 3.21. The number of hydrogen-bond donors (Lipinski definition) is 1. The molecule has 0 fully saturated rings. The molecule has 0 saturated heterocycles. The number of oxazole rings is 1. The minimum Gasteiger partial charge on any atom is -0.429 e. The van der Waals surface area contributed by atoms with Crippen molar-refractivity contribution in [1.29, 1.82) is 0 Å². The van der Waals surface area contributed by atoms with Crippen molar-refractivity contribution >= 4 is 23.3 Å². The maximum Gasteiger partial charge on any atom is 0.274 e. The van der Waals surface area contributed by atoms with E-state index in [1.165, 1.54) is 0 Å². The topological polar surface area (TPSA) is 34.7 Å². The summed E-state index contributed by atoms with van der Waals surface area (Å²) in [5.41, 5.74) is 1.94. The summed E-state index contributed by atoms with van der Waals surface area (Å²) in [5.74, 6) is 0. The molecular weight excluding hydrogens is 220 g/mol. The Hall–Kier alpha value is -1.13. The summed E-state index contributed by atoms with van der Waals surface area (Å²) in [5, 5.41) is 2.28. The van der Waals surface area contributed by atoms with Crippen LogP contribution in [0.25, 0.3) is 11.1 Å². The van der Waals surface area contributed by atoms with Gasteiger partial charge in [0.05, 0.1) is 11.6 Å². The monoisotopic (exact) mass is 237 g/mol. The molecule has 3 nitrogen and oxygen atoms in total. The molecular formula is C12H17N2OS+. The highest BCUT2D eigenvalue weighted by atomic mass is 32.1. The molecule has 1 atom stereocenters. The van der Waals surface area contributed by atoms with Gasteiger partial charge >= 0.3 is 0 Å². The zero-order chi connectivity index (χ0) is 11.5. The Bertz CT molecular complexity index is 529. The number of benzene rings is 1. The van der Waals surface area contributed by atoms with Crippen LogP contribution in [0.15, 0.2) is 28.7 Å². The van der Waals surface area contributed by atoms with E-state index in [4.69, 9.17) is 16.6 Å². The predicted octanol–water partition coefficient (Wildman–Crippen LogP) is 2.28. The number of aromatic nitrogens is 1. The lowest BCUT2D eigenvalue weighted by Gasteiger charge is -2.08. The van der Waals surface area contributed by atoms with E-state index in [2.05, 4.69) is 19.2 Å². The molecule has 1 aromatic heterocycles. The van der Waals surface area contributed by atoms with Crippen molar-refractivity contribution < 1.29 is 9.73 Å². The Morgan fingerprint density at radius 2 is 2.19 bits per heavy atom. The van der Waals surface area contributed by atoms with Crippen molar-refractivity contribution in [2.24, 2.45) is 0 Å². The van der Waals surface area contributed by atoms with Crippen molar-refractivity contribution in [3.63, 3.8) is 0 Å². The van der Waals surface area contributed by atoms with Crippen LogP contribution in [0.2, 0.25) is 0 Å². The number of fused-ring (bicyclic) bond motifs is 1. The Morgan fingerprint density at radius 1 is 1.44 bits per heavy atom. The van der Waals surface area contributed by atoms with Gasteiger partial charge < -0.3 is 9.73 Å². The molecule has 2 aromatic rings. The van der Waals surface area contributed by atoms with Crippen LogP contribution in [0.4, 0.5) is 0 Å². The zero-order valence-electron chi connectivity index (χ0n) is 9.64. The summed E-state index contributed by atoms with van der Waals surface area (Å²) < 4.78 is 7.56. The van der Waals surface area contributed by atoms with Crippen molar-refractivity contribution in [3.05, 3.63) is 29.1 Å². The first-order chi connectivity index (χ1) is 7.72. The van der Waals surface area contributed by atoms with E-state index < -0.39 is 0 Å². The van der Waals surface area contributed by atoms with Crippen molar-refractivity contribution in [2.75, 3.05) is 0 Å². The second-order valence-corrected chi connectivity index (χ2v) is 4.42. The van der Waals surface area contributed by atoms with E-state index in [0.29, 0.717) is 10.9 Å². The van der Waals surface area contributed by atoms with E-state index in [9.17, 15) is 0 Å². The van der Waals surface area contributed by atoms with Crippen LogP contribution in [0.3, 0.4) is 0 Å². The van der Waals surface area contributed by atoms with Crippen LogP contribution in [0.1, 0.15) is 20.3 Å². The molecule has 0 radical (unpaired) electrons. The van der Waals surface area contributed by atoms with Crippen LogP contribution in [-0.4, -0.2) is 10.6 Å². The molecule has 0 bridgehead atoms. The van der Waals surface area contributed by atoms with Gasteiger partial charge in [-0.1, -0.05) is 19.1 Å². The number of para-hydroxylation sites is 2. The van der Waals surface area contributed by atoms with Crippen molar-refractivity contribution in [2.45, 2.75) is 33.0 Å². The molecule has 4 heteroatoms. The van der Waals surface area contributed by atoms with Crippen molar-refractivity contribution in [1.82, 2.24) is 4.57 Å². The van der Waals surface area contributed by atoms with Crippen LogP contribution >= 0.6 is 12.2 Å². The van der Waals surface area contributed by atoms with Crippen LogP contribution in [0.5, 0.6) is 0 Å². The van der Waals surface area contributed by atoms with Crippen molar-refractivity contribution in [3.8, 4) is 0 Å². The van der Waals surface area contributed by atoms with Gasteiger partial charge in [0, 0.05) is 0 Å². The Kier molecular flexibility index (Phi) is 3.41. The fourth-order valence-corrected chi connectivity index (χ4v) is 1.90. The lowest BCUT2D eigenvalue weighted by molar-refractivity contribution is -0.713. The number of rotatable bonds is 4. The van der Waals surface area contributed by atoms with Crippen LogP contribution in [-0.2, 0) is 6.67 Å². The van der Waals surface area contributed by atoms with E-state index in [0.717, 1.165) is 24.2 Å². The molecule has 0 unspecified atom stereocenters. The largest absolute Gasteiger partial charge is 0.429 e. The standard InChI is InChI=1S/C12H16N2OS/c1-3-9(2)13-8-14-10-6-4-5-7-11(10)15-12(14)16/h4-7,9,13H,3,8H2,1-2H3/p+1/t9-/m0/s1. The summed E-state index contributed by atoms with van der Waals surface area (Å²) in [6, 6.07) is 8.57. The predicted molar refractivity (Wildman–Crippen MR) is 66.7 cm³/mol. The lowest BCUT2D eigenvalue weighted by Crippen LogP contribution is -2.88. The Balaban J connectivity index is 2.29. The summed E-state index contributed by atoms with van der Waals surface area (Å²) in [7, 11) is 0. The molecule has 16 heavy (non-hydrogen) atoms. The van der Waals surface area contributed by atoms with Gasteiger partial charge in [0.2, 0.25) is 0 Å². The highest BCUT2D eigenvalue weighted by molar-refractivity contribution is 7.71. The van der Waals surface area contributed by atoms with Gasteiger partial charge in [-0.2, -0.15) is 0 Å². The third-order valence-electron chi connectivity index (χ3n) is 2.91. The van der Waals surface area contributed by atoms with E-state index in [1.807, 2.05) is 28.8 Å². The van der Waals surface area contributed by atoms with Gasteiger partial charge in [0.1, 0.15) is 0 Å². The quantitative estimate of drug-likeness (QED) is 0.828. The van der Waals surface area contributed by atoms with Crippen LogP contribution < -0.4 is 5.32 Å². The molecule has 1 heterocycles. The second kappa shape index (κ2) is 4.80. The fourth-order valence-electron chi connectivity index (χ4n) is 1.64. The van der Waals surface area contributed by atoms with Gasteiger partial charge in [0.15, 0.2) is 12.3 Å². The van der Waals surface area contributed by atoms with Crippen LogP contribution in [0, 0.1) is 4.84 Å². The van der Waals surface area contributed by atoms with E-state index >= 15 is 0 Å². The molecule has 86 valence electrons. The van der Waals surface area contributed by atoms with Gasteiger partial charge in [0.25, 0.3) is 4.84 Å². The van der Waals surface area contributed by atoms with E-state index in [1.54, 1.807) is 0 Å². The highest BCUT2D eigenvalue weighted by Crippen LogP contribution is 2.15. The Labute approximate surface area is 100 Å². The fraction of sp³-hybridized carbons (Fsp3) is 0.417. The van der Waals surface area contributed by atoms with Gasteiger partial charge in [-0.3, -0.25) is 4.57 Å². The second-order valence-electron chi connectivity index (χ2n) is 4.07. The van der Waals surface area contributed by atoms with Gasteiger partial charge in [-0.05, 0) is 37.7 Å². The smallest absolute Gasteiger partial charge is 0.274 e. The molecule has 0 aliphatic heterocycles.